The number of hydrogen-bond donors (Lipinski definition) is 0. The predicted molar refractivity (Wildman–Crippen MR) is 70.6 cm³/mol. The van der Waals surface area contributed by atoms with Gasteiger partial charge in [0.2, 0.25) is 5.78 Å². The van der Waals surface area contributed by atoms with Crippen LogP contribution in [0.4, 0.5) is 0 Å². The molecule has 0 N–H and O–H groups in total. The second-order valence-corrected chi connectivity index (χ2v) is 5.27. The summed E-state index contributed by atoms with van der Waals surface area (Å²) < 4.78 is 2.00. The number of nitrogens with zero attached hydrogens (tertiary/aromatic N) is 3. The van der Waals surface area contributed by atoms with Gasteiger partial charge in [-0.05, 0) is 52.4 Å². The van der Waals surface area contributed by atoms with Crippen molar-refractivity contribution in [3.63, 3.8) is 0 Å². The van der Waals surface area contributed by atoms with Crippen molar-refractivity contribution in [2.75, 3.05) is 0 Å². The smallest absolute Gasteiger partial charge is 0.213 e. The van der Waals surface area contributed by atoms with Crippen molar-refractivity contribution in [2.24, 2.45) is 7.05 Å². The van der Waals surface area contributed by atoms with Gasteiger partial charge in [0, 0.05) is 12.6 Å². The van der Waals surface area contributed by atoms with Crippen molar-refractivity contribution >= 4 is 21.7 Å². The highest BCUT2D eigenvalue weighted by Gasteiger charge is 2.20. The number of aryl methyl sites for hydroxylation is 3. The molecule has 0 saturated heterocycles. The largest absolute Gasteiger partial charge is 0.287 e. The van der Waals surface area contributed by atoms with Gasteiger partial charge in [-0.1, -0.05) is 17.3 Å². The van der Waals surface area contributed by atoms with Gasteiger partial charge in [-0.25, -0.2) is 4.68 Å². The van der Waals surface area contributed by atoms with Gasteiger partial charge in [0.25, 0.3) is 0 Å². The van der Waals surface area contributed by atoms with Crippen molar-refractivity contribution in [1.29, 1.82) is 0 Å². The lowest BCUT2D eigenvalue weighted by Gasteiger charge is -2.04. The van der Waals surface area contributed by atoms with Crippen LogP contribution in [0.2, 0.25) is 0 Å². The maximum absolute atomic E-state index is 12.4. The minimum atomic E-state index is -0.0379. The van der Waals surface area contributed by atoms with Crippen LogP contribution < -0.4 is 0 Å². The van der Waals surface area contributed by atoms with Crippen LogP contribution in [-0.4, -0.2) is 20.8 Å². The van der Waals surface area contributed by atoms with Gasteiger partial charge in [0.1, 0.15) is 5.69 Å². The normalized spacial score (nSPS) is 13.7. The van der Waals surface area contributed by atoms with Crippen LogP contribution >= 0.6 is 15.9 Å². The first-order chi connectivity index (χ1) is 8.66. The highest BCUT2D eigenvalue weighted by molar-refractivity contribution is 9.10. The Bertz CT molecular complexity index is 614. The molecule has 1 heterocycles. The minimum Gasteiger partial charge on any atom is -0.287 e. The molecule has 5 heteroatoms. The molecule has 1 aliphatic carbocycles. The Morgan fingerprint density at radius 3 is 2.83 bits per heavy atom. The molecule has 0 bridgehead atoms. The van der Waals surface area contributed by atoms with Gasteiger partial charge < -0.3 is 0 Å². The average molecular weight is 306 g/mol. The number of ketones is 1. The molecular weight excluding hydrogens is 294 g/mol. The Hall–Kier alpha value is -1.49. The van der Waals surface area contributed by atoms with Crippen molar-refractivity contribution in [3.8, 4) is 0 Å². The van der Waals surface area contributed by atoms with E-state index in [1.807, 2.05) is 12.1 Å². The van der Waals surface area contributed by atoms with E-state index in [-0.39, 0.29) is 5.78 Å². The van der Waals surface area contributed by atoms with Crippen molar-refractivity contribution in [1.82, 2.24) is 15.0 Å². The number of halogens is 1. The van der Waals surface area contributed by atoms with E-state index in [0.29, 0.717) is 15.9 Å². The molecule has 2 aromatic rings. The van der Waals surface area contributed by atoms with E-state index in [4.69, 9.17) is 0 Å². The van der Waals surface area contributed by atoms with E-state index >= 15 is 0 Å². The zero-order valence-electron chi connectivity index (χ0n) is 9.98. The molecule has 0 spiro atoms. The summed E-state index contributed by atoms with van der Waals surface area (Å²) in [4.78, 5) is 12.4. The number of benzene rings is 1. The molecule has 0 unspecified atom stereocenters. The molecule has 0 aliphatic heterocycles. The summed E-state index contributed by atoms with van der Waals surface area (Å²) >= 11 is 3.26. The maximum atomic E-state index is 12.4. The third-order valence-corrected chi connectivity index (χ3v) is 3.90. The van der Waals surface area contributed by atoms with Crippen LogP contribution in [0.5, 0.6) is 0 Å². The number of carbonyl (C=O) groups excluding carboxylic acids is 1. The lowest BCUT2D eigenvalue weighted by Crippen LogP contribution is -2.09. The first-order valence-corrected chi connectivity index (χ1v) is 6.68. The molecule has 0 fully saturated rings. The molecule has 92 valence electrons. The Labute approximate surface area is 113 Å². The fourth-order valence-corrected chi connectivity index (χ4v) is 2.93. The van der Waals surface area contributed by atoms with E-state index in [1.165, 1.54) is 22.2 Å². The van der Waals surface area contributed by atoms with E-state index < -0.39 is 0 Å². The van der Waals surface area contributed by atoms with Crippen molar-refractivity contribution in [2.45, 2.75) is 19.3 Å². The molecule has 1 aromatic carbocycles. The topological polar surface area (TPSA) is 47.8 Å². The molecule has 1 aliphatic rings. The molecule has 0 radical (unpaired) electrons. The second kappa shape index (κ2) is 4.31. The van der Waals surface area contributed by atoms with Gasteiger partial charge in [0.15, 0.2) is 4.60 Å². The summed E-state index contributed by atoms with van der Waals surface area (Å²) in [6.45, 7) is 0. The third kappa shape index (κ3) is 1.79. The quantitative estimate of drug-likeness (QED) is 0.800. The number of carbonyl (C=O) groups is 1. The summed E-state index contributed by atoms with van der Waals surface area (Å²) in [5, 5.41) is 7.68. The van der Waals surface area contributed by atoms with Crippen molar-refractivity contribution in [3.05, 3.63) is 45.2 Å². The monoisotopic (exact) mass is 305 g/mol. The SMILES string of the molecule is Cn1nnc(Br)c1C(=O)c1ccc2c(c1)CCC2. The number of hydrogen-bond acceptors (Lipinski definition) is 3. The Kier molecular flexibility index (Phi) is 2.78. The highest BCUT2D eigenvalue weighted by atomic mass is 79.9. The molecule has 18 heavy (non-hydrogen) atoms. The van der Waals surface area contributed by atoms with Crippen LogP contribution in [0.1, 0.15) is 33.6 Å². The van der Waals surface area contributed by atoms with Gasteiger partial charge in [0.05, 0.1) is 0 Å². The van der Waals surface area contributed by atoms with Gasteiger partial charge >= 0.3 is 0 Å². The Balaban J connectivity index is 2.03. The van der Waals surface area contributed by atoms with Crippen LogP contribution in [0, 0.1) is 0 Å². The fourth-order valence-electron chi connectivity index (χ4n) is 2.42. The summed E-state index contributed by atoms with van der Waals surface area (Å²) in [7, 11) is 1.72. The lowest BCUT2D eigenvalue weighted by molar-refractivity contribution is 0.102. The second-order valence-electron chi connectivity index (χ2n) is 4.52. The number of fused-ring (bicyclic) bond motifs is 1. The third-order valence-electron chi connectivity index (χ3n) is 3.36. The Morgan fingerprint density at radius 1 is 1.33 bits per heavy atom. The van der Waals surface area contributed by atoms with Gasteiger partial charge in [-0.3, -0.25) is 4.79 Å². The van der Waals surface area contributed by atoms with Crippen LogP contribution in [0.15, 0.2) is 22.8 Å². The first kappa shape index (κ1) is 11.6. The molecule has 1 aromatic heterocycles. The fraction of sp³-hybridized carbons (Fsp3) is 0.308. The molecule has 0 saturated carbocycles. The number of rotatable bonds is 2. The molecule has 4 nitrogen and oxygen atoms in total. The lowest BCUT2D eigenvalue weighted by atomic mass is 10.0. The summed E-state index contributed by atoms with van der Waals surface area (Å²) in [5.74, 6) is -0.0379. The predicted octanol–water partition coefficient (Wildman–Crippen LogP) is 2.30. The Morgan fingerprint density at radius 2 is 2.11 bits per heavy atom. The van der Waals surface area contributed by atoms with E-state index in [2.05, 4.69) is 32.3 Å². The van der Waals surface area contributed by atoms with E-state index in [0.717, 1.165) is 12.8 Å². The standard InChI is InChI=1S/C13H12BrN3O/c1-17-11(13(14)15-16-17)12(18)10-6-5-8-3-2-4-9(8)7-10/h5-7H,2-4H2,1H3. The van der Waals surface area contributed by atoms with Crippen LogP contribution in [0.25, 0.3) is 0 Å². The highest BCUT2D eigenvalue weighted by Crippen LogP contribution is 2.25. The van der Waals surface area contributed by atoms with Gasteiger partial charge in [-0.15, -0.1) is 5.10 Å². The maximum Gasteiger partial charge on any atom is 0.213 e. The van der Waals surface area contributed by atoms with Crippen LogP contribution in [-0.2, 0) is 19.9 Å². The van der Waals surface area contributed by atoms with Crippen LogP contribution in [0.3, 0.4) is 0 Å². The number of aromatic nitrogens is 3. The molecule has 0 atom stereocenters. The molecule has 0 amide bonds. The summed E-state index contributed by atoms with van der Waals surface area (Å²) in [6, 6.07) is 5.96. The molecular formula is C13H12BrN3O. The zero-order valence-corrected chi connectivity index (χ0v) is 11.6. The van der Waals surface area contributed by atoms with Crippen molar-refractivity contribution < 1.29 is 4.79 Å². The minimum absolute atomic E-state index is 0.0379. The van der Waals surface area contributed by atoms with E-state index in [1.54, 1.807) is 7.05 Å². The summed E-state index contributed by atoms with van der Waals surface area (Å²) in [5.41, 5.74) is 3.87. The van der Waals surface area contributed by atoms with E-state index in [9.17, 15) is 4.79 Å². The summed E-state index contributed by atoms with van der Waals surface area (Å²) in [6.07, 6.45) is 3.38. The molecule has 3 rings (SSSR count). The first-order valence-electron chi connectivity index (χ1n) is 5.88. The van der Waals surface area contributed by atoms with Gasteiger partial charge in [-0.2, -0.15) is 0 Å². The average Bonchev–Trinajstić information content (AvgIpc) is 2.94. The zero-order chi connectivity index (χ0) is 12.7.